The van der Waals surface area contributed by atoms with Crippen LogP contribution < -0.4 is 10.6 Å². The number of methoxy groups -OCH3 is 1. The molecule has 2 unspecified atom stereocenters. The van der Waals surface area contributed by atoms with Gasteiger partial charge in [-0.2, -0.15) is 0 Å². The van der Waals surface area contributed by atoms with E-state index in [9.17, 15) is 0 Å². The second-order valence-electron chi connectivity index (χ2n) is 5.10. The number of pyridine rings is 1. The van der Waals surface area contributed by atoms with Crippen molar-refractivity contribution in [1.82, 2.24) is 4.98 Å². The Bertz CT molecular complexity index is 408. The molecule has 0 aliphatic carbocycles. The highest BCUT2D eigenvalue weighted by molar-refractivity contribution is 5.42. The fourth-order valence-corrected chi connectivity index (χ4v) is 2.52. The van der Waals surface area contributed by atoms with E-state index in [1.165, 1.54) is 0 Å². The van der Waals surface area contributed by atoms with E-state index in [2.05, 4.69) is 28.9 Å². The van der Waals surface area contributed by atoms with Gasteiger partial charge in [0.25, 0.3) is 0 Å². The summed E-state index contributed by atoms with van der Waals surface area (Å²) in [7, 11) is 1.79. The van der Waals surface area contributed by atoms with Crippen LogP contribution in [0.2, 0.25) is 0 Å². The molecule has 2 heterocycles. The fraction of sp³-hybridized carbons (Fsp3) is 0.643. The van der Waals surface area contributed by atoms with Crippen molar-refractivity contribution < 1.29 is 4.74 Å². The lowest BCUT2D eigenvalue weighted by molar-refractivity contribution is 0.0496. The maximum absolute atomic E-state index is 5.67. The number of hydrogen-bond acceptors (Lipinski definition) is 4. The standard InChI is InChI=1S/C14H23N3O/c1-10-6-7-17(9-13(10)18-3)14-5-4-12(8-15)11(2)16-14/h4-5,10,13H,6-9,15H2,1-3H3. The Kier molecular flexibility index (Phi) is 4.19. The summed E-state index contributed by atoms with van der Waals surface area (Å²) in [6, 6.07) is 4.15. The first-order valence-electron chi connectivity index (χ1n) is 6.60. The minimum absolute atomic E-state index is 0.301. The summed E-state index contributed by atoms with van der Waals surface area (Å²) in [4.78, 5) is 6.96. The number of aryl methyl sites for hydroxylation is 1. The second-order valence-corrected chi connectivity index (χ2v) is 5.10. The molecular formula is C14H23N3O. The van der Waals surface area contributed by atoms with E-state index in [4.69, 9.17) is 10.5 Å². The minimum atomic E-state index is 0.301. The third-order valence-corrected chi connectivity index (χ3v) is 3.92. The summed E-state index contributed by atoms with van der Waals surface area (Å²) in [5.41, 5.74) is 7.82. The first-order valence-corrected chi connectivity index (χ1v) is 6.60. The summed E-state index contributed by atoms with van der Waals surface area (Å²) in [6.07, 6.45) is 1.45. The van der Waals surface area contributed by atoms with Crippen molar-refractivity contribution in [3.63, 3.8) is 0 Å². The van der Waals surface area contributed by atoms with Crippen molar-refractivity contribution in [3.05, 3.63) is 23.4 Å². The van der Waals surface area contributed by atoms with Gasteiger partial charge in [0, 0.05) is 32.4 Å². The molecule has 1 aliphatic heterocycles. The normalized spacial score (nSPS) is 24.3. The smallest absolute Gasteiger partial charge is 0.128 e. The van der Waals surface area contributed by atoms with Crippen LogP contribution in [0.15, 0.2) is 12.1 Å². The molecule has 1 saturated heterocycles. The van der Waals surface area contributed by atoms with Crippen LogP contribution in [0, 0.1) is 12.8 Å². The molecule has 1 aromatic rings. The van der Waals surface area contributed by atoms with Crippen LogP contribution in [-0.2, 0) is 11.3 Å². The van der Waals surface area contributed by atoms with Crippen LogP contribution in [0.25, 0.3) is 0 Å². The Morgan fingerprint density at radius 1 is 1.50 bits per heavy atom. The number of rotatable bonds is 3. The van der Waals surface area contributed by atoms with Crippen LogP contribution in [0.4, 0.5) is 5.82 Å². The predicted molar refractivity (Wildman–Crippen MR) is 73.7 cm³/mol. The topological polar surface area (TPSA) is 51.4 Å². The zero-order chi connectivity index (χ0) is 13.1. The number of anilines is 1. The van der Waals surface area contributed by atoms with Crippen LogP contribution >= 0.6 is 0 Å². The molecule has 0 spiro atoms. The van der Waals surface area contributed by atoms with Crippen molar-refractivity contribution in [3.8, 4) is 0 Å². The summed E-state index contributed by atoms with van der Waals surface area (Å²) < 4.78 is 5.54. The van der Waals surface area contributed by atoms with Gasteiger partial charge in [0.05, 0.1) is 6.10 Å². The average Bonchev–Trinajstić information content (AvgIpc) is 2.39. The van der Waals surface area contributed by atoms with Gasteiger partial charge in [-0.1, -0.05) is 13.0 Å². The van der Waals surface area contributed by atoms with Gasteiger partial charge < -0.3 is 15.4 Å². The number of aromatic nitrogens is 1. The maximum Gasteiger partial charge on any atom is 0.128 e. The average molecular weight is 249 g/mol. The molecule has 4 nitrogen and oxygen atoms in total. The molecule has 0 aromatic carbocycles. The summed E-state index contributed by atoms with van der Waals surface area (Å²) in [6.45, 7) is 6.80. The Hall–Kier alpha value is -1.13. The SMILES string of the molecule is COC1CN(c2ccc(CN)c(C)n2)CCC1C. The molecule has 0 saturated carbocycles. The number of ether oxygens (including phenoxy) is 1. The van der Waals surface area contributed by atoms with Crippen LogP contribution in [0.3, 0.4) is 0 Å². The Morgan fingerprint density at radius 3 is 2.89 bits per heavy atom. The van der Waals surface area contributed by atoms with Gasteiger partial charge in [-0.25, -0.2) is 4.98 Å². The quantitative estimate of drug-likeness (QED) is 0.886. The molecule has 1 aromatic heterocycles. The molecule has 2 rings (SSSR count). The number of nitrogens with zero attached hydrogens (tertiary/aromatic N) is 2. The van der Waals surface area contributed by atoms with E-state index in [1.807, 2.05) is 6.92 Å². The van der Waals surface area contributed by atoms with Gasteiger partial charge in [0.2, 0.25) is 0 Å². The zero-order valence-electron chi connectivity index (χ0n) is 11.5. The van der Waals surface area contributed by atoms with Crippen LogP contribution in [0.5, 0.6) is 0 Å². The van der Waals surface area contributed by atoms with Gasteiger partial charge in [0.1, 0.15) is 5.82 Å². The number of hydrogen-bond donors (Lipinski definition) is 1. The lowest BCUT2D eigenvalue weighted by Gasteiger charge is -2.37. The van der Waals surface area contributed by atoms with Gasteiger partial charge in [0.15, 0.2) is 0 Å². The zero-order valence-corrected chi connectivity index (χ0v) is 11.5. The summed E-state index contributed by atoms with van der Waals surface area (Å²) in [5.74, 6) is 1.66. The van der Waals surface area contributed by atoms with Crippen molar-refractivity contribution in [2.24, 2.45) is 11.7 Å². The number of piperidine rings is 1. The highest BCUT2D eigenvalue weighted by Crippen LogP contribution is 2.24. The van der Waals surface area contributed by atoms with Gasteiger partial charge in [-0.15, -0.1) is 0 Å². The monoisotopic (exact) mass is 249 g/mol. The molecule has 18 heavy (non-hydrogen) atoms. The Morgan fingerprint density at radius 2 is 2.28 bits per heavy atom. The van der Waals surface area contributed by atoms with Crippen LogP contribution in [0.1, 0.15) is 24.6 Å². The molecule has 100 valence electrons. The minimum Gasteiger partial charge on any atom is -0.379 e. The molecule has 0 radical (unpaired) electrons. The molecule has 1 aliphatic rings. The van der Waals surface area contributed by atoms with Crippen molar-refractivity contribution in [1.29, 1.82) is 0 Å². The molecular weight excluding hydrogens is 226 g/mol. The van der Waals surface area contributed by atoms with Gasteiger partial charge in [-0.3, -0.25) is 0 Å². The van der Waals surface area contributed by atoms with E-state index in [0.29, 0.717) is 18.6 Å². The Labute approximate surface area is 109 Å². The van der Waals surface area contributed by atoms with Gasteiger partial charge >= 0.3 is 0 Å². The third kappa shape index (κ3) is 2.65. The Balaban J connectivity index is 2.14. The third-order valence-electron chi connectivity index (χ3n) is 3.92. The molecule has 0 bridgehead atoms. The molecule has 2 N–H and O–H groups in total. The van der Waals surface area contributed by atoms with E-state index in [1.54, 1.807) is 7.11 Å². The van der Waals surface area contributed by atoms with Crippen molar-refractivity contribution in [2.45, 2.75) is 32.9 Å². The van der Waals surface area contributed by atoms with E-state index < -0.39 is 0 Å². The predicted octanol–water partition coefficient (Wildman–Crippen LogP) is 1.71. The first-order chi connectivity index (χ1) is 8.65. The largest absolute Gasteiger partial charge is 0.379 e. The highest BCUT2D eigenvalue weighted by atomic mass is 16.5. The highest BCUT2D eigenvalue weighted by Gasteiger charge is 2.26. The molecule has 1 fully saturated rings. The summed E-state index contributed by atoms with van der Waals surface area (Å²) in [5, 5.41) is 0. The molecule has 2 atom stereocenters. The second kappa shape index (κ2) is 5.67. The van der Waals surface area contributed by atoms with Crippen LogP contribution in [-0.4, -0.2) is 31.3 Å². The molecule has 0 amide bonds. The lowest BCUT2D eigenvalue weighted by atomic mass is 9.96. The maximum atomic E-state index is 5.67. The lowest BCUT2D eigenvalue weighted by Crippen LogP contribution is -2.44. The first kappa shape index (κ1) is 13.3. The number of nitrogens with two attached hydrogens (primary N) is 1. The van der Waals surface area contributed by atoms with Crippen molar-refractivity contribution >= 4 is 5.82 Å². The van der Waals surface area contributed by atoms with E-state index in [0.717, 1.165) is 36.6 Å². The van der Waals surface area contributed by atoms with Crippen molar-refractivity contribution in [2.75, 3.05) is 25.1 Å². The van der Waals surface area contributed by atoms with Gasteiger partial charge in [-0.05, 0) is 30.9 Å². The van der Waals surface area contributed by atoms with E-state index >= 15 is 0 Å². The fourth-order valence-electron chi connectivity index (χ4n) is 2.52. The molecule has 4 heteroatoms. The summed E-state index contributed by atoms with van der Waals surface area (Å²) >= 11 is 0. The van der Waals surface area contributed by atoms with E-state index in [-0.39, 0.29) is 0 Å².